The van der Waals surface area contributed by atoms with Gasteiger partial charge in [-0.15, -0.1) is 0 Å². The van der Waals surface area contributed by atoms with Crippen molar-refractivity contribution >= 4 is 0 Å². The van der Waals surface area contributed by atoms with Crippen LogP contribution in [0.5, 0.6) is 0 Å². The Morgan fingerprint density at radius 2 is 1.88 bits per heavy atom. The molecule has 0 aromatic carbocycles. The van der Waals surface area contributed by atoms with E-state index >= 15 is 0 Å². The molecule has 2 N–H and O–H groups in total. The van der Waals surface area contributed by atoms with Crippen LogP contribution in [0.25, 0.3) is 0 Å². The second-order valence-corrected chi connectivity index (χ2v) is 5.83. The molecule has 17 heavy (non-hydrogen) atoms. The van der Waals surface area contributed by atoms with Crippen LogP contribution in [0, 0.1) is 17.2 Å². The van der Waals surface area contributed by atoms with Gasteiger partial charge in [-0.05, 0) is 32.6 Å². The van der Waals surface area contributed by atoms with Gasteiger partial charge >= 0.3 is 0 Å². The monoisotopic (exact) mass is 236 g/mol. The molecule has 1 aliphatic carbocycles. The summed E-state index contributed by atoms with van der Waals surface area (Å²) in [6.07, 6.45) is 2.27. The molecule has 1 aliphatic heterocycles. The number of nitrogens with zero attached hydrogens (tertiary/aromatic N) is 3. The first-order valence-corrected chi connectivity index (χ1v) is 6.72. The second kappa shape index (κ2) is 4.93. The number of hydrogen-bond donors (Lipinski definition) is 1. The molecule has 0 aromatic heterocycles. The quantitative estimate of drug-likeness (QED) is 0.778. The van der Waals surface area contributed by atoms with Crippen LogP contribution in [0.1, 0.15) is 26.7 Å². The maximum Gasteiger partial charge on any atom is 0.119 e. The van der Waals surface area contributed by atoms with Gasteiger partial charge in [0, 0.05) is 38.8 Å². The van der Waals surface area contributed by atoms with Gasteiger partial charge in [0.25, 0.3) is 0 Å². The molecule has 0 aromatic rings. The molecule has 1 heterocycles. The first-order chi connectivity index (χ1) is 8.05. The molecular formula is C13H24N4. The van der Waals surface area contributed by atoms with E-state index in [-0.39, 0.29) is 0 Å². The van der Waals surface area contributed by atoms with Crippen LogP contribution in [0.2, 0.25) is 0 Å². The van der Waals surface area contributed by atoms with Crippen molar-refractivity contribution in [1.82, 2.24) is 9.80 Å². The second-order valence-electron chi connectivity index (χ2n) is 5.83. The molecule has 4 nitrogen and oxygen atoms in total. The van der Waals surface area contributed by atoms with Crippen molar-refractivity contribution in [2.45, 2.75) is 38.3 Å². The van der Waals surface area contributed by atoms with E-state index in [1.807, 2.05) is 0 Å². The maximum absolute atomic E-state index is 9.25. The minimum Gasteiger partial charge on any atom is -0.312 e. The molecule has 0 spiro atoms. The summed E-state index contributed by atoms with van der Waals surface area (Å²) in [4.78, 5) is 4.85. The Balaban J connectivity index is 1.83. The Morgan fingerprint density at radius 1 is 1.29 bits per heavy atom. The molecule has 4 heteroatoms. The zero-order chi connectivity index (χ0) is 12.5. The number of hydrogen-bond acceptors (Lipinski definition) is 4. The molecule has 1 unspecified atom stereocenters. The summed E-state index contributed by atoms with van der Waals surface area (Å²) in [5.74, 6) is 0.440. The van der Waals surface area contributed by atoms with E-state index in [1.54, 1.807) is 0 Å². The van der Waals surface area contributed by atoms with Crippen molar-refractivity contribution in [2.24, 2.45) is 11.7 Å². The van der Waals surface area contributed by atoms with Crippen molar-refractivity contribution in [3.8, 4) is 6.07 Å². The highest BCUT2D eigenvalue weighted by Crippen LogP contribution is 2.38. The molecule has 0 radical (unpaired) electrons. The smallest absolute Gasteiger partial charge is 0.119 e. The zero-order valence-corrected chi connectivity index (χ0v) is 11.0. The average Bonchev–Trinajstić information content (AvgIpc) is 3.13. The third kappa shape index (κ3) is 2.98. The summed E-state index contributed by atoms with van der Waals surface area (Å²) < 4.78 is 0. The first kappa shape index (κ1) is 12.8. The molecule has 0 amide bonds. The van der Waals surface area contributed by atoms with Crippen LogP contribution in [-0.2, 0) is 0 Å². The highest BCUT2D eigenvalue weighted by Gasteiger charge is 2.43. The largest absolute Gasteiger partial charge is 0.312 e. The van der Waals surface area contributed by atoms with E-state index < -0.39 is 5.54 Å². The fraction of sp³-hybridized carbons (Fsp3) is 0.923. The molecule has 1 saturated heterocycles. The summed E-state index contributed by atoms with van der Waals surface area (Å²) in [5, 5.41) is 9.25. The minimum atomic E-state index is -0.597. The van der Waals surface area contributed by atoms with Gasteiger partial charge in [0.2, 0.25) is 0 Å². The Hall–Kier alpha value is -0.630. The van der Waals surface area contributed by atoms with Gasteiger partial charge in [-0.1, -0.05) is 0 Å². The lowest BCUT2D eigenvalue weighted by Crippen LogP contribution is -2.56. The SMILES string of the molecule is CC(C)N1CCN(CC(N)(C#N)C2CC2)CC1. The Labute approximate surface area is 104 Å². The Bertz CT molecular complexity index is 297. The predicted molar refractivity (Wildman–Crippen MR) is 68.4 cm³/mol. The molecule has 2 rings (SSSR count). The molecule has 2 fully saturated rings. The lowest BCUT2D eigenvalue weighted by atomic mass is 9.95. The normalized spacial score (nSPS) is 26.8. The van der Waals surface area contributed by atoms with Crippen molar-refractivity contribution in [1.29, 1.82) is 5.26 Å². The lowest BCUT2D eigenvalue weighted by molar-refractivity contribution is 0.0952. The zero-order valence-electron chi connectivity index (χ0n) is 11.0. The molecule has 1 saturated carbocycles. The van der Waals surface area contributed by atoms with Gasteiger partial charge in [-0.3, -0.25) is 9.80 Å². The standard InChI is InChI=1S/C13H24N4/c1-11(2)17-7-5-16(6-8-17)10-13(15,9-14)12-3-4-12/h11-12H,3-8,10,15H2,1-2H3. The van der Waals surface area contributed by atoms with Crippen molar-refractivity contribution < 1.29 is 0 Å². The molecular weight excluding hydrogens is 212 g/mol. The summed E-state index contributed by atoms with van der Waals surface area (Å²) in [6, 6.07) is 2.97. The summed E-state index contributed by atoms with van der Waals surface area (Å²) in [5.41, 5.74) is 5.61. The fourth-order valence-corrected chi connectivity index (χ4v) is 2.66. The highest BCUT2D eigenvalue weighted by molar-refractivity contribution is 5.14. The summed E-state index contributed by atoms with van der Waals surface area (Å²) in [7, 11) is 0. The molecule has 96 valence electrons. The van der Waals surface area contributed by atoms with Crippen molar-refractivity contribution in [3.63, 3.8) is 0 Å². The van der Waals surface area contributed by atoms with Crippen LogP contribution >= 0.6 is 0 Å². The molecule has 1 atom stereocenters. The Morgan fingerprint density at radius 3 is 2.29 bits per heavy atom. The minimum absolute atomic E-state index is 0.440. The summed E-state index contributed by atoms with van der Waals surface area (Å²) in [6.45, 7) is 9.52. The number of nitriles is 1. The molecule has 2 aliphatic rings. The average molecular weight is 236 g/mol. The molecule has 0 bridgehead atoms. The van der Waals surface area contributed by atoms with Gasteiger partial charge in [0.1, 0.15) is 5.54 Å². The third-order valence-corrected chi connectivity index (χ3v) is 4.14. The van der Waals surface area contributed by atoms with Crippen LogP contribution in [0.4, 0.5) is 0 Å². The highest BCUT2D eigenvalue weighted by atomic mass is 15.3. The van der Waals surface area contributed by atoms with Gasteiger partial charge in [0.15, 0.2) is 0 Å². The van der Waals surface area contributed by atoms with Crippen LogP contribution in [0.15, 0.2) is 0 Å². The van der Waals surface area contributed by atoms with Crippen molar-refractivity contribution in [2.75, 3.05) is 32.7 Å². The van der Waals surface area contributed by atoms with Crippen LogP contribution in [-0.4, -0.2) is 54.1 Å². The van der Waals surface area contributed by atoms with E-state index in [4.69, 9.17) is 5.73 Å². The number of nitrogens with two attached hydrogens (primary N) is 1. The topological polar surface area (TPSA) is 56.3 Å². The third-order valence-electron chi connectivity index (χ3n) is 4.14. The predicted octanol–water partition coefficient (Wildman–Crippen LogP) is 0.643. The van der Waals surface area contributed by atoms with E-state index in [2.05, 4.69) is 29.7 Å². The van der Waals surface area contributed by atoms with Gasteiger partial charge in [-0.2, -0.15) is 5.26 Å². The Kier molecular flexibility index (Phi) is 3.72. The van der Waals surface area contributed by atoms with E-state index in [1.165, 1.54) is 0 Å². The number of piperazine rings is 1. The van der Waals surface area contributed by atoms with Crippen LogP contribution < -0.4 is 5.73 Å². The lowest BCUT2D eigenvalue weighted by Gasteiger charge is -2.39. The van der Waals surface area contributed by atoms with E-state index in [0.717, 1.165) is 45.6 Å². The van der Waals surface area contributed by atoms with E-state index in [9.17, 15) is 5.26 Å². The fourth-order valence-electron chi connectivity index (χ4n) is 2.66. The maximum atomic E-state index is 9.25. The van der Waals surface area contributed by atoms with Gasteiger partial charge in [-0.25, -0.2) is 0 Å². The first-order valence-electron chi connectivity index (χ1n) is 6.72. The van der Waals surface area contributed by atoms with E-state index in [0.29, 0.717) is 12.0 Å². The van der Waals surface area contributed by atoms with Crippen LogP contribution in [0.3, 0.4) is 0 Å². The van der Waals surface area contributed by atoms with Gasteiger partial charge in [0.05, 0.1) is 6.07 Å². The summed E-state index contributed by atoms with van der Waals surface area (Å²) >= 11 is 0. The van der Waals surface area contributed by atoms with Gasteiger partial charge < -0.3 is 5.73 Å². The van der Waals surface area contributed by atoms with Crippen molar-refractivity contribution in [3.05, 3.63) is 0 Å². The number of rotatable bonds is 4.